The highest BCUT2D eigenvalue weighted by Crippen LogP contribution is 2.17. The Hall–Kier alpha value is -0.920. The quantitative estimate of drug-likeness (QED) is 0.801. The molecule has 0 aliphatic rings. The maximum atomic E-state index is 12.1. The Kier molecular flexibility index (Phi) is 4.29. The van der Waals surface area contributed by atoms with Gasteiger partial charge in [0.05, 0.1) is 11.4 Å². The number of likely N-dealkylation sites (N-methyl/N-ethyl adjacent to an activating group) is 1. The van der Waals surface area contributed by atoms with Gasteiger partial charge in [0.1, 0.15) is 4.90 Å². The van der Waals surface area contributed by atoms with E-state index in [2.05, 4.69) is 9.82 Å². The molecule has 0 fully saturated rings. The second kappa shape index (κ2) is 5.16. The molecule has 1 N–H and O–H groups in total. The van der Waals surface area contributed by atoms with Crippen molar-refractivity contribution in [3.8, 4) is 0 Å². The number of nitrogens with one attached hydrogen (secondary N) is 1. The number of aryl methyl sites for hydroxylation is 2. The van der Waals surface area contributed by atoms with E-state index in [4.69, 9.17) is 0 Å². The van der Waals surface area contributed by atoms with E-state index in [0.717, 1.165) is 0 Å². The van der Waals surface area contributed by atoms with Crippen molar-refractivity contribution in [1.82, 2.24) is 19.4 Å². The number of hydrogen-bond donors (Lipinski definition) is 1. The molecule has 0 spiro atoms. The van der Waals surface area contributed by atoms with Crippen LogP contribution in [0.3, 0.4) is 0 Å². The molecule has 0 radical (unpaired) electrons. The lowest BCUT2D eigenvalue weighted by Crippen LogP contribution is -2.31. The van der Waals surface area contributed by atoms with Crippen LogP contribution in [0.4, 0.5) is 0 Å². The molecule has 6 nitrogen and oxygen atoms in total. The highest BCUT2D eigenvalue weighted by molar-refractivity contribution is 7.89. The van der Waals surface area contributed by atoms with Crippen LogP contribution in [0.2, 0.25) is 0 Å². The summed E-state index contributed by atoms with van der Waals surface area (Å²) in [4.78, 5) is 2.21. The molecule has 0 aromatic carbocycles. The minimum Gasteiger partial charge on any atom is -0.308 e. The summed E-state index contributed by atoms with van der Waals surface area (Å²) < 4.78 is 28.3. The van der Waals surface area contributed by atoms with Crippen LogP contribution in [-0.4, -0.2) is 50.3 Å². The van der Waals surface area contributed by atoms with Gasteiger partial charge in [-0.1, -0.05) is 0 Å². The lowest BCUT2D eigenvalue weighted by Gasteiger charge is -2.11. The Morgan fingerprint density at radius 2 is 1.94 bits per heavy atom. The summed E-state index contributed by atoms with van der Waals surface area (Å²) in [5, 5.41) is 4.11. The Balaban J connectivity index is 2.90. The fourth-order valence-electron chi connectivity index (χ4n) is 1.62. The lowest BCUT2D eigenvalue weighted by molar-refractivity contribution is 0.412. The van der Waals surface area contributed by atoms with Gasteiger partial charge in [0.15, 0.2) is 0 Å². The predicted molar refractivity (Wildman–Crippen MR) is 66.4 cm³/mol. The monoisotopic (exact) mass is 260 g/mol. The zero-order valence-corrected chi connectivity index (χ0v) is 11.8. The van der Waals surface area contributed by atoms with E-state index in [1.807, 2.05) is 19.0 Å². The summed E-state index contributed by atoms with van der Waals surface area (Å²) in [6, 6.07) is 0. The first-order valence-corrected chi connectivity index (χ1v) is 6.88. The Labute approximate surface area is 103 Å². The molecule has 0 amide bonds. The smallest absolute Gasteiger partial charge is 0.244 e. The molecule has 17 heavy (non-hydrogen) atoms. The van der Waals surface area contributed by atoms with E-state index >= 15 is 0 Å². The van der Waals surface area contributed by atoms with Gasteiger partial charge in [0, 0.05) is 20.1 Å². The number of hydrogen-bond acceptors (Lipinski definition) is 4. The van der Waals surface area contributed by atoms with Crippen LogP contribution in [0.5, 0.6) is 0 Å². The van der Waals surface area contributed by atoms with E-state index in [9.17, 15) is 8.42 Å². The number of rotatable bonds is 5. The van der Waals surface area contributed by atoms with Gasteiger partial charge in [-0.15, -0.1) is 0 Å². The molecule has 98 valence electrons. The molecule has 1 rings (SSSR count). The van der Waals surface area contributed by atoms with Crippen molar-refractivity contribution in [3.63, 3.8) is 0 Å². The van der Waals surface area contributed by atoms with Crippen LogP contribution >= 0.6 is 0 Å². The largest absolute Gasteiger partial charge is 0.308 e. The zero-order chi connectivity index (χ0) is 13.2. The lowest BCUT2D eigenvalue weighted by atomic mass is 10.4. The SMILES string of the molecule is Cc1nn(C)c(C)c1S(=O)(=O)NCCN(C)C. The van der Waals surface area contributed by atoms with E-state index in [-0.39, 0.29) is 0 Å². The minimum atomic E-state index is -3.46. The molecular formula is C10H20N4O2S. The van der Waals surface area contributed by atoms with Crippen molar-refractivity contribution < 1.29 is 8.42 Å². The van der Waals surface area contributed by atoms with E-state index < -0.39 is 10.0 Å². The molecule has 0 atom stereocenters. The van der Waals surface area contributed by atoms with Gasteiger partial charge in [-0.3, -0.25) is 4.68 Å². The fraction of sp³-hybridized carbons (Fsp3) is 0.700. The topological polar surface area (TPSA) is 67.2 Å². The third-order valence-electron chi connectivity index (χ3n) is 2.56. The molecule has 1 aromatic rings. The highest BCUT2D eigenvalue weighted by Gasteiger charge is 2.23. The van der Waals surface area contributed by atoms with Crippen LogP contribution in [-0.2, 0) is 17.1 Å². The molecule has 0 aliphatic heterocycles. The summed E-state index contributed by atoms with van der Waals surface area (Å²) in [5.41, 5.74) is 1.18. The first-order valence-electron chi connectivity index (χ1n) is 5.40. The van der Waals surface area contributed by atoms with Crippen molar-refractivity contribution in [2.45, 2.75) is 18.7 Å². The first kappa shape index (κ1) is 14.1. The summed E-state index contributed by atoms with van der Waals surface area (Å²) in [7, 11) is 2.08. The van der Waals surface area contributed by atoms with E-state index in [1.54, 1.807) is 25.6 Å². The molecule has 7 heteroatoms. The standard InChI is InChI=1S/C10H20N4O2S/c1-8-10(9(2)14(5)12-8)17(15,16)11-6-7-13(3)4/h11H,6-7H2,1-5H3. The van der Waals surface area contributed by atoms with Crippen molar-refractivity contribution >= 4 is 10.0 Å². The summed E-state index contributed by atoms with van der Waals surface area (Å²) in [6.07, 6.45) is 0. The predicted octanol–water partition coefficient (Wildman–Crippen LogP) is -0.123. The van der Waals surface area contributed by atoms with Crippen LogP contribution < -0.4 is 4.72 Å². The molecule has 0 saturated heterocycles. The molecule has 0 saturated carbocycles. The number of nitrogens with zero attached hydrogens (tertiary/aromatic N) is 3. The van der Waals surface area contributed by atoms with Gasteiger partial charge in [-0.05, 0) is 27.9 Å². The average molecular weight is 260 g/mol. The van der Waals surface area contributed by atoms with E-state index in [0.29, 0.717) is 29.4 Å². The highest BCUT2D eigenvalue weighted by atomic mass is 32.2. The molecule has 1 heterocycles. The van der Waals surface area contributed by atoms with Crippen molar-refractivity contribution in [2.75, 3.05) is 27.2 Å². The maximum absolute atomic E-state index is 12.1. The van der Waals surface area contributed by atoms with Crippen LogP contribution in [0, 0.1) is 13.8 Å². The molecule has 0 unspecified atom stereocenters. The number of sulfonamides is 1. The van der Waals surface area contributed by atoms with E-state index in [1.165, 1.54) is 0 Å². The van der Waals surface area contributed by atoms with Gasteiger partial charge >= 0.3 is 0 Å². The minimum absolute atomic E-state index is 0.291. The summed E-state index contributed by atoms with van der Waals surface area (Å²) >= 11 is 0. The van der Waals surface area contributed by atoms with Gasteiger partial charge < -0.3 is 4.90 Å². The van der Waals surface area contributed by atoms with Gasteiger partial charge in [-0.2, -0.15) is 5.10 Å². The van der Waals surface area contributed by atoms with Crippen molar-refractivity contribution in [3.05, 3.63) is 11.4 Å². The molecule has 0 bridgehead atoms. The normalized spacial score (nSPS) is 12.4. The average Bonchev–Trinajstić information content (AvgIpc) is 2.40. The third-order valence-corrected chi connectivity index (χ3v) is 4.27. The summed E-state index contributed by atoms with van der Waals surface area (Å²) in [6.45, 7) is 4.51. The Morgan fingerprint density at radius 3 is 2.35 bits per heavy atom. The Morgan fingerprint density at radius 1 is 1.35 bits per heavy atom. The third kappa shape index (κ3) is 3.27. The van der Waals surface area contributed by atoms with Gasteiger partial charge in [-0.25, -0.2) is 13.1 Å². The van der Waals surface area contributed by atoms with Gasteiger partial charge in [0.2, 0.25) is 10.0 Å². The molecular weight excluding hydrogens is 240 g/mol. The van der Waals surface area contributed by atoms with Crippen LogP contribution in [0.15, 0.2) is 4.90 Å². The fourth-order valence-corrected chi connectivity index (χ4v) is 3.07. The van der Waals surface area contributed by atoms with Crippen LogP contribution in [0.25, 0.3) is 0 Å². The summed E-state index contributed by atoms with van der Waals surface area (Å²) in [5.74, 6) is 0. The second-order valence-electron chi connectivity index (χ2n) is 4.32. The second-order valence-corrected chi connectivity index (χ2v) is 6.03. The van der Waals surface area contributed by atoms with Crippen LogP contribution in [0.1, 0.15) is 11.4 Å². The first-order chi connectivity index (χ1) is 7.75. The molecule has 1 aromatic heterocycles. The maximum Gasteiger partial charge on any atom is 0.244 e. The zero-order valence-electron chi connectivity index (χ0n) is 11.0. The number of aromatic nitrogens is 2. The van der Waals surface area contributed by atoms with Crippen molar-refractivity contribution in [2.24, 2.45) is 7.05 Å². The van der Waals surface area contributed by atoms with Crippen molar-refractivity contribution in [1.29, 1.82) is 0 Å². The Bertz CT molecular complexity index is 491. The van der Waals surface area contributed by atoms with Gasteiger partial charge in [0.25, 0.3) is 0 Å². The molecule has 0 aliphatic carbocycles.